The van der Waals surface area contributed by atoms with Gasteiger partial charge in [-0.1, -0.05) is 85.3 Å². The van der Waals surface area contributed by atoms with Crippen LogP contribution < -0.4 is 4.90 Å². The molecule has 0 saturated carbocycles. The van der Waals surface area contributed by atoms with Gasteiger partial charge in [0.1, 0.15) is 11.6 Å². The van der Waals surface area contributed by atoms with Crippen molar-refractivity contribution < 1.29 is 24.2 Å². The van der Waals surface area contributed by atoms with Crippen LogP contribution in [0.1, 0.15) is 18.9 Å². The maximum Gasteiger partial charge on any atom is 0.253 e. The van der Waals surface area contributed by atoms with Crippen molar-refractivity contribution in [3.63, 3.8) is 0 Å². The minimum atomic E-state index is -1.38. The molecule has 214 valence electrons. The number of hydrogen-bond acceptors (Lipinski definition) is 5. The lowest BCUT2D eigenvalue weighted by Crippen LogP contribution is -2.58. The highest BCUT2D eigenvalue weighted by Gasteiger charge is 2.72. The number of halogens is 1. The van der Waals surface area contributed by atoms with Crippen LogP contribution >= 0.6 is 11.6 Å². The topological polar surface area (TPSA) is 90.4 Å². The van der Waals surface area contributed by atoms with E-state index in [9.17, 15) is 19.5 Å². The number of aliphatic hydroxyl groups excluding tert-OH is 1. The van der Waals surface area contributed by atoms with Gasteiger partial charge in [0.2, 0.25) is 11.8 Å². The molecule has 6 atom stereocenters. The summed E-state index contributed by atoms with van der Waals surface area (Å²) in [5.74, 6) is -2.54. The summed E-state index contributed by atoms with van der Waals surface area (Å²) in [7, 11) is 0. The van der Waals surface area contributed by atoms with Crippen LogP contribution in [0.2, 0.25) is 5.02 Å². The number of rotatable bonds is 7. The van der Waals surface area contributed by atoms with Gasteiger partial charge < -0.3 is 24.5 Å². The molecule has 3 amide bonds. The van der Waals surface area contributed by atoms with Gasteiger partial charge in [-0.3, -0.25) is 14.4 Å². The zero-order valence-electron chi connectivity index (χ0n) is 22.9. The van der Waals surface area contributed by atoms with E-state index < -0.39 is 35.6 Å². The Balaban J connectivity index is 1.48. The quantitative estimate of drug-likeness (QED) is 0.512. The van der Waals surface area contributed by atoms with Crippen LogP contribution in [0.3, 0.4) is 0 Å². The predicted molar refractivity (Wildman–Crippen MR) is 155 cm³/mol. The first-order chi connectivity index (χ1) is 19.9. The van der Waals surface area contributed by atoms with Gasteiger partial charge in [-0.2, -0.15) is 0 Å². The number of carbonyl (C=O) groups is 3. The first-order valence-corrected chi connectivity index (χ1v) is 14.6. The zero-order valence-corrected chi connectivity index (χ0v) is 23.7. The van der Waals surface area contributed by atoms with Gasteiger partial charge in [0.25, 0.3) is 5.91 Å². The maximum absolute atomic E-state index is 14.6. The molecular weight excluding hydrogens is 542 g/mol. The van der Waals surface area contributed by atoms with Gasteiger partial charge in [0, 0.05) is 19.6 Å². The number of aliphatic hydroxyl groups is 1. The van der Waals surface area contributed by atoms with Crippen LogP contribution in [-0.2, 0) is 25.5 Å². The molecule has 9 heteroatoms. The summed E-state index contributed by atoms with van der Waals surface area (Å²) in [6.45, 7) is 2.90. The maximum atomic E-state index is 14.6. The summed E-state index contributed by atoms with van der Waals surface area (Å²) in [5, 5.41) is 11.1. The number of fused-ring (bicyclic) bond motifs is 2. The average molecular weight is 576 g/mol. The fourth-order valence-corrected chi connectivity index (χ4v) is 7.25. The fraction of sp³-hybridized carbons (Fsp3) is 0.406. The first-order valence-electron chi connectivity index (χ1n) is 14.2. The molecule has 2 aromatic rings. The van der Waals surface area contributed by atoms with E-state index in [-0.39, 0.29) is 30.9 Å². The first kappa shape index (κ1) is 27.7. The van der Waals surface area contributed by atoms with Crippen molar-refractivity contribution >= 4 is 35.0 Å². The molecule has 0 radical (unpaired) electrons. The summed E-state index contributed by atoms with van der Waals surface area (Å²) in [4.78, 5) is 48.0. The fourth-order valence-electron chi connectivity index (χ4n) is 7.02. The standard InChI is InChI=1S/C32H34ClN3O5/c1-2-16-34-17-8-14-25-26(29(34)38)27-30(39)36(22(20-37)19-21-10-4-3-5-11-21)28-31(40)35(18-9-15-32(27,28)41-25)24-13-7-6-12-23(24)33/h3-15,22,25-28,37H,2,16-20H2,1H3/t22-,25-,26+,27+,28?,32+/m1/s1. The second-order valence-corrected chi connectivity index (χ2v) is 11.5. The molecule has 1 spiro atoms. The number of amides is 3. The second kappa shape index (κ2) is 11.1. The van der Waals surface area contributed by atoms with E-state index in [0.717, 1.165) is 12.0 Å². The van der Waals surface area contributed by atoms with Crippen LogP contribution in [0.4, 0.5) is 5.69 Å². The van der Waals surface area contributed by atoms with Gasteiger partial charge in [-0.15, -0.1) is 0 Å². The third-order valence-corrected chi connectivity index (χ3v) is 9.05. The Hall–Kier alpha value is -3.46. The van der Waals surface area contributed by atoms with Gasteiger partial charge in [-0.25, -0.2) is 0 Å². The van der Waals surface area contributed by atoms with Crippen molar-refractivity contribution in [1.82, 2.24) is 9.80 Å². The van der Waals surface area contributed by atoms with Gasteiger partial charge in [-0.05, 0) is 30.5 Å². The predicted octanol–water partition coefficient (Wildman–Crippen LogP) is 3.24. The van der Waals surface area contributed by atoms with E-state index in [2.05, 4.69) is 0 Å². The smallest absolute Gasteiger partial charge is 0.253 e. The Morgan fingerprint density at radius 1 is 1.00 bits per heavy atom. The third kappa shape index (κ3) is 4.49. The second-order valence-electron chi connectivity index (χ2n) is 11.1. The lowest BCUT2D eigenvalue weighted by atomic mass is 9.77. The lowest BCUT2D eigenvalue weighted by molar-refractivity contribution is -0.146. The molecule has 2 saturated heterocycles. The zero-order chi connectivity index (χ0) is 28.7. The molecule has 41 heavy (non-hydrogen) atoms. The van der Waals surface area contributed by atoms with Crippen molar-refractivity contribution in [2.75, 3.05) is 31.1 Å². The number of ether oxygens (including phenoxy) is 1. The SMILES string of the molecule is CCCN1CC=C[C@H]2O[C@]34C=CCN(c5ccccc5Cl)C(=O)C3N([C@@H](CO)Cc3ccccc3)C(=O)[C@@H]4[C@H]2C1=O. The van der Waals surface area contributed by atoms with E-state index in [1.807, 2.05) is 61.6 Å². The van der Waals surface area contributed by atoms with Crippen molar-refractivity contribution in [2.24, 2.45) is 11.8 Å². The Labute approximate surface area is 244 Å². The molecule has 4 heterocycles. The Morgan fingerprint density at radius 2 is 1.76 bits per heavy atom. The molecule has 0 aliphatic carbocycles. The minimum absolute atomic E-state index is 0.144. The Bertz CT molecular complexity index is 1400. The molecule has 2 fully saturated rings. The summed E-state index contributed by atoms with van der Waals surface area (Å²) in [6.07, 6.45) is 7.90. The molecule has 1 N–H and O–H groups in total. The van der Waals surface area contributed by atoms with E-state index in [4.69, 9.17) is 16.3 Å². The molecule has 2 aromatic carbocycles. The largest absolute Gasteiger partial charge is 0.394 e. The normalized spacial score (nSPS) is 29.7. The monoisotopic (exact) mass is 575 g/mol. The summed E-state index contributed by atoms with van der Waals surface area (Å²) in [5.41, 5.74) is 0.0720. The number of hydrogen-bond donors (Lipinski definition) is 1. The van der Waals surface area contributed by atoms with Gasteiger partial charge >= 0.3 is 0 Å². The summed E-state index contributed by atoms with van der Waals surface area (Å²) < 4.78 is 6.72. The molecule has 1 unspecified atom stereocenters. The highest BCUT2D eigenvalue weighted by molar-refractivity contribution is 6.34. The molecular formula is C32H34ClN3O5. The number of anilines is 1. The number of benzene rings is 2. The van der Waals surface area contributed by atoms with E-state index in [0.29, 0.717) is 30.2 Å². The van der Waals surface area contributed by atoms with Crippen LogP contribution in [0, 0.1) is 11.8 Å². The molecule has 8 nitrogen and oxygen atoms in total. The van der Waals surface area contributed by atoms with Gasteiger partial charge in [0.15, 0.2) is 0 Å². The van der Waals surface area contributed by atoms with E-state index >= 15 is 0 Å². The third-order valence-electron chi connectivity index (χ3n) is 8.74. The van der Waals surface area contributed by atoms with Crippen LogP contribution in [0.5, 0.6) is 0 Å². The van der Waals surface area contributed by atoms with Crippen LogP contribution in [0.15, 0.2) is 78.9 Å². The van der Waals surface area contributed by atoms with E-state index in [1.54, 1.807) is 34.1 Å². The van der Waals surface area contributed by atoms with Crippen molar-refractivity contribution in [2.45, 2.75) is 43.6 Å². The molecule has 0 aromatic heterocycles. The minimum Gasteiger partial charge on any atom is -0.394 e. The Kier molecular flexibility index (Phi) is 7.49. The lowest BCUT2D eigenvalue weighted by Gasteiger charge is -2.38. The molecule has 6 rings (SSSR count). The van der Waals surface area contributed by atoms with Crippen molar-refractivity contribution in [3.8, 4) is 0 Å². The number of carbonyl (C=O) groups excluding carboxylic acids is 3. The Morgan fingerprint density at radius 3 is 2.49 bits per heavy atom. The summed E-state index contributed by atoms with van der Waals surface area (Å²) in [6, 6.07) is 14.9. The van der Waals surface area contributed by atoms with Crippen molar-refractivity contribution in [3.05, 3.63) is 89.5 Å². The highest BCUT2D eigenvalue weighted by Crippen LogP contribution is 2.54. The molecule has 4 aliphatic heterocycles. The number of nitrogens with zero attached hydrogens (tertiary/aromatic N) is 3. The number of likely N-dealkylation sites (tertiary alicyclic amines) is 1. The van der Waals surface area contributed by atoms with Crippen molar-refractivity contribution in [1.29, 1.82) is 0 Å². The number of para-hydroxylation sites is 1. The van der Waals surface area contributed by atoms with Crippen LogP contribution in [0.25, 0.3) is 0 Å². The van der Waals surface area contributed by atoms with Gasteiger partial charge in [0.05, 0.1) is 41.3 Å². The van der Waals surface area contributed by atoms with E-state index in [1.165, 1.54) is 4.90 Å². The highest BCUT2D eigenvalue weighted by atomic mass is 35.5. The molecule has 4 aliphatic rings. The van der Waals surface area contributed by atoms with Crippen LogP contribution in [-0.4, -0.2) is 82.7 Å². The summed E-state index contributed by atoms with van der Waals surface area (Å²) >= 11 is 6.54. The average Bonchev–Trinajstić information content (AvgIpc) is 3.30. The molecule has 0 bridgehead atoms.